The number of carbonyl (C=O) groups excluding carboxylic acids is 2. The van der Waals surface area contributed by atoms with Crippen LogP contribution in [0.1, 0.15) is 40.4 Å². The van der Waals surface area contributed by atoms with E-state index in [1.165, 1.54) is 16.5 Å². The average molecular weight is 512 g/mol. The predicted octanol–water partition coefficient (Wildman–Crippen LogP) is 5.48. The third-order valence-corrected chi connectivity index (χ3v) is 6.89. The summed E-state index contributed by atoms with van der Waals surface area (Å²) in [5.41, 5.74) is 5.10. The molecule has 0 aliphatic heterocycles. The summed E-state index contributed by atoms with van der Waals surface area (Å²) in [5.74, 6) is -0.196. The van der Waals surface area contributed by atoms with Gasteiger partial charge < -0.3 is 19.5 Å². The molecule has 6 nitrogen and oxygen atoms in total. The van der Waals surface area contributed by atoms with E-state index >= 15 is 0 Å². The van der Waals surface area contributed by atoms with Gasteiger partial charge >= 0.3 is 0 Å². The van der Waals surface area contributed by atoms with Crippen LogP contribution in [0, 0.1) is 0 Å². The number of aromatic amines is 1. The smallest absolute Gasteiger partial charge is 0.254 e. The van der Waals surface area contributed by atoms with Crippen LogP contribution in [0.4, 0.5) is 0 Å². The summed E-state index contributed by atoms with van der Waals surface area (Å²) in [7, 11) is 1.65. The third-order valence-electron chi connectivity index (χ3n) is 6.89. The van der Waals surface area contributed by atoms with Gasteiger partial charge in [0.1, 0.15) is 6.54 Å². The van der Waals surface area contributed by atoms with Crippen LogP contribution in [0.15, 0.2) is 85.1 Å². The van der Waals surface area contributed by atoms with Gasteiger partial charge in [-0.1, -0.05) is 67.6 Å². The first kappa shape index (κ1) is 27.1. The fourth-order valence-electron chi connectivity index (χ4n) is 4.67. The first-order chi connectivity index (χ1) is 18.6. The van der Waals surface area contributed by atoms with Crippen molar-refractivity contribution in [3.8, 4) is 0 Å². The Hall–Kier alpha value is -3.90. The van der Waals surface area contributed by atoms with Gasteiger partial charge in [0.25, 0.3) is 5.91 Å². The molecule has 0 unspecified atom stereocenters. The second kappa shape index (κ2) is 13.6. The van der Waals surface area contributed by atoms with Gasteiger partial charge in [-0.05, 0) is 54.2 Å². The highest BCUT2D eigenvalue weighted by atomic mass is 16.5. The minimum absolute atomic E-state index is 0.0266. The lowest BCUT2D eigenvalue weighted by molar-refractivity contribution is -0.132. The molecule has 0 bridgehead atoms. The van der Waals surface area contributed by atoms with Gasteiger partial charge in [-0.15, -0.1) is 0 Å². The van der Waals surface area contributed by atoms with Crippen molar-refractivity contribution in [3.63, 3.8) is 0 Å². The maximum atomic E-state index is 13.7. The van der Waals surface area contributed by atoms with E-state index in [0.29, 0.717) is 38.2 Å². The number of amides is 2. The second-order valence-electron chi connectivity index (χ2n) is 9.53. The van der Waals surface area contributed by atoms with E-state index in [-0.39, 0.29) is 18.4 Å². The molecule has 2 amide bonds. The van der Waals surface area contributed by atoms with Crippen molar-refractivity contribution in [2.75, 3.05) is 33.4 Å². The van der Waals surface area contributed by atoms with Crippen LogP contribution >= 0.6 is 0 Å². The number of H-pyrrole nitrogens is 1. The molecule has 1 N–H and O–H groups in total. The van der Waals surface area contributed by atoms with Crippen molar-refractivity contribution in [1.82, 2.24) is 14.8 Å². The lowest BCUT2D eigenvalue weighted by Gasteiger charge is -2.28. The van der Waals surface area contributed by atoms with Crippen molar-refractivity contribution in [3.05, 3.63) is 107 Å². The van der Waals surface area contributed by atoms with Crippen LogP contribution in [0.3, 0.4) is 0 Å². The second-order valence-corrected chi connectivity index (χ2v) is 9.53. The maximum absolute atomic E-state index is 13.7. The molecule has 0 atom stereocenters. The van der Waals surface area contributed by atoms with E-state index in [0.717, 1.165) is 23.9 Å². The molecule has 3 aromatic carbocycles. The highest BCUT2D eigenvalue weighted by Gasteiger charge is 2.23. The number of methoxy groups -OCH3 is 1. The Morgan fingerprint density at radius 1 is 0.842 bits per heavy atom. The summed E-state index contributed by atoms with van der Waals surface area (Å²) < 4.78 is 5.22. The number of hydrogen-bond donors (Lipinski definition) is 1. The number of benzene rings is 3. The van der Waals surface area contributed by atoms with Gasteiger partial charge in [-0.2, -0.15) is 0 Å². The Balaban J connectivity index is 1.52. The van der Waals surface area contributed by atoms with Gasteiger partial charge in [0.05, 0.1) is 0 Å². The number of aromatic nitrogens is 1. The van der Waals surface area contributed by atoms with E-state index in [1.807, 2.05) is 77.8 Å². The van der Waals surface area contributed by atoms with Crippen molar-refractivity contribution in [1.29, 1.82) is 0 Å². The zero-order valence-electron chi connectivity index (χ0n) is 22.4. The summed E-state index contributed by atoms with van der Waals surface area (Å²) in [6.45, 7) is 4.15. The van der Waals surface area contributed by atoms with Crippen LogP contribution in [0.25, 0.3) is 10.9 Å². The molecule has 0 aliphatic carbocycles. The van der Waals surface area contributed by atoms with Crippen LogP contribution in [0.2, 0.25) is 0 Å². The minimum Gasteiger partial charge on any atom is -0.385 e. The number of carbonyl (C=O) groups is 2. The van der Waals surface area contributed by atoms with Crippen LogP contribution in [0.5, 0.6) is 0 Å². The molecule has 0 radical (unpaired) electrons. The molecule has 1 heterocycles. The number of hydrogen-bond acceptors (Lipinski definition) is 3. The van der Waals surface area contributed by atoms with Gasteiger partial charge in [0.15, 0.2) is 0 Å². The van der Waals surface area contributed by atoms with Gasteiger partial charge in [0, 0.05) is 56.0 Å². The lowest BCUT2D eigenvalue weighted by Crippen LogP contribution is -2.44. The Morgan fingerprint density at radius 2 is 1.58 bits per heavy atom. The van der Waals surface area contributed by atoms with E-state index in [9.17, 15) is 9.59 Å². The van der Waals surface area contributed by atoms with E-state index in [4.69, 9.17) is 4.74 Å². The molecule has 4 rings (SSSR count). The largest absolute Gasteiger partial charge is 0.385 e. The number of aryl methyl sites for hydroxylation is 1. The summed E-state index contributed by atoms with van der Waals surface area (Å²) >= 11 is 0. The number of nitrogens with one attached hydrogen (secondary N) is 1. The number of ether oxygens (including phenoxy) is 1. The fourth-order valence-corrected chi connectivity index (χ4v) is 4.67. The van der Waals surface area contributed by atoms with Gasteiger partial charge in [-0.3, -0.25) is 9.59 Å². The molecule has 0 fully saturated rings. The number of nitrogens with zero attached hydrogens (tertiary/aromatic N) is 2. The number of fused-ring (bicyclic) bond motifs is 1. The molecule has 0 saturated heterocycles. The van der Waals surface area contributed by atoms with E-state index < -0.39 is 0 Å². The Morgan fingerprint density at radius 3 is 2.32 bits per heavy atom. The van der Waals surface area contributed by atoms with Crippen molar-refractivity contribution >= 4 is 22.7 Å². The summed E-state index contributed by atoms with van der Waals surface area (Å²) in [6, 6.07) is 25.9. The molecule has 38 heavy (non-hydrogen) atoms. The average Bonchev–Trinajstić information content (AvgIpc) is 3.38. The number of para-hydroxylation sites is 1. The van der Waals surface area contributed by atoms with Gasteiger partial charge in [-0.25, -0.2) is 0 Å². The summed E-state index contributed by atoms with van der Waals surface area (Å²) in [5, 5.41) is 1.17. The summed E-state index contributed by atoms with van der Waals surface area (Å²) in [4.78, 5) is 34.1. The highest BCUT2D eigenvalue weighted by molar-refractivity contribution is 5.96. The molecule has 0 saturated carbocycles. The van der Waals surface area contributed by atoms with Crippen molar-refractivity contribution in [2.24, 2.45) is 0 Å². The quantitative estimate of drug-likeness (QED) is 0.242. The molecule has 0 spiro atoms. The van der Waals surface area contributed by atoms with Crippen molar-refractivity contribution < 1.29 is 14.3 Å². The molecule has 198 valence electrons. The minimum atomic E-state index is -0.131. The van der Waals surface area contributed by atoms with E-state index in [2.05, 4.69) is 24.0 Å². The highest BCUT2D eigenvalue weighted by Crippen LogP contribution is 2.19. The topological polar surface area (TPSA) is 65.6 Å². The normalized spacial score (nSPS) is 11.0. The molecule has 6 heteroatoms. The lowest BCUT2D eigenvalue weighted by atomic mass is 10.1. The third kappa shape index (κ3) is 7.11. The first-order valence-electron chi connectivity index (χ1n) is 13.3. The Labute approximate surface area is 225 Å². The molecular formula is C32H37N3O3. The zero-order valence-corrected chi connectivity index (χ0v) is 22.4. The van der Waals surface area contributed by atoms with Crippen LogP contribution in [-0.2, 0) is 28.9 Å². The SMILES string of the molecule is CCc1ccc(C(=O)N(CCCOC)CC(=O)N(CCc2c[nH]c3ccccc23)Cc2ccccc2)cc1. The first-order valence-corrected chi connectivity index (χ1v) is 13.3. The fraction of sp³-hybridized carbons (Fsp3) is 0.312. The molecule has 1 aromatic heterocycles. The van der Waals surface area contributed by atoms with Crippen LogP contribution in [-0.4, -0.2) is 59.9 Å². The molecule has 0 aliphatic rings. The van der Waals surface area contributed by atoms with Gasteiger partial charge in [0.2, 0.25) is 5.91 Å². The monoisotopic (exact) mass is 511 g/mol. The Bertz CT molecular complexity index is 1310. The van der Waals surface area contributed by atoms with E-state index in [1.54, 1.807) is 12.0 Å². The molecule has 4 aromatic rings. The maximum Gasteiger partial charge on any atom is 0.254 e. The standard InChI is InChI=1S/C32H37N3O3/c1-3-25-14-16-27(17-15-25)32(37)35(19-9-21-38-2)24-31(36)34(23-26-10-5-4-6-11-26)20-18-28-22-33-30-13-8-7-12-29(28)30/h4-8,10-17,22,33H,3,9,18-21,23-24H2,1-2H3. The number of rotatable bonds is 13. The summed E-state index contributed by atoms with van der Waals surface area (Å²) in [6.07, 6.45) is 4.32. The Kier molecular flexibility index (Phi) is 9.71. The predicted molar refractivity (Wildman–Crippen MR) is 152 cm³/mol. The van der Waals surface area contributed by atoms with Crippen LogP contribution < -0.4 is 0 Å². The zero-order chi connectivity index (χ0) is 26.7. The van der Waals surface area contributed by atoms with Crippen molar-refractivity contribution in [2.45, 2.75) is 32.7 Å². The molecular weight excluding hydrogens is 474 g/mol.